The molecule has 1 aliphatic rings. The summed E-state index contributed by atoms with van der Waals surface area (Å²) in [7, 11) is 0. The van der Waals surface area contributed by atoms with Crippen LogP contribution in [0.5, 0.6) is 11.5 Å². The van der Waals surface area contributed by atoms with Gasteiger partial charge >= 0.3 is 5.97 Å². The van der Waals surface area contributed by atoms with E-state index in [0.29, 0.717) is 12.2 Å². The third-order valence-electron chi connectivity index (χ3n) is 4.15. The predicted octanol–water partition coefficient (Wildman–Crippen LogP) is 5.68. The highest BCUT2D eigenvalue weighted by molar-refractivity contribution is 9.28. The van der Waals surface area contributed by atoms with E-state index in [2.05, 4.69) is 37.9 Å². The monoisotopic (exact) mass is 475 g/mol. The van der Waals surface area contributed by atoms with Crippen molar-refractivity contribution in [2.45, 2.75) is 13.0 Å². The van der Waals surface area contributed by atoms with Crippen LogP contribution in [0.25, 0.3) is 0 Å². The van der Waals surface area contributed by atoms with Crippen LogP contribution < -0.4 is 4.74 Å². The quantitative estimate of drug-likeness (QED) is 0.503. The molecule has 1 aliphatic carbocycles. The van der Waals surface area contributed by atoms with E-state index >= 15 is 0 Å². The highest BCUT2D eigenvalue weighted by Crippen LogP contribution is 2.55. The molecule has 1 fully saturated rings. The van der Waals surface area contributed by atoms with Gasteiger partial charge in [0.25, 0.3) is 0 Å². The van der Waals surface area contributed by atoms with Gasteiger partial charge in [0.2, 0.25) is 0 Å². The Morgan fingerprint density at radius 2 is 1.92 bits per heavy atom. The lowest BCUT2D eigenvalue weighted by Gasteiger charge is -2.10. The molecule has 0 spiro atoms. The zero-order valence-electron chi connectivity index (χ0n) is 13.7. The molecule has 2 aromatic rings. The summed E-state index contributed by atoms with van der Waals surface area (Å²) in [4.78, 5) is 12.4. The third kappa shape index (κ3) is 4.35. The Kier molecular flexibility index (Phi) is 5.80. The molecule has 4 nitrogen and oxygen atoms in total. The Bertz CT molecular complexity index is 872. The van der Waals surface area contributed by atoms with E-state index in [-0.39, 0.29) is 12.5 Å². The van der Waals surface area contributed by atoms with Crippen molar-refractivity contribution in [1.82, 2.24) is 0 Å². The fourth-order valence-corrected chi connectivity index (χ4v) is 3.29. The van der Waals surface area contributed by atoms with Gasteiger partial charge in [-0.25, -0.2) is 0 Å². The molecule has 132 valence electrons. The molecule has 0 radical (unpaired) electrons. The minimum atomic E-state index is -1.08. The molecule has 26 heavy (non-hydrogen) atoms. The number of para-hydroxylation sites is 1. The van der Waals surface area contributed by atoms with Crippen LogP contribution in [0.15, 0.2) is 64.1 Å². The van der Waals surface area contributed by atoms with Crippen molar-refractivity contribution in [3.8, 4) is 17.6 Å². The van der Waals surface area contributed by atoms with Gasteiger partial charge in [-0.1, -0.05) is 36.4 Å². The predicted molar refractivity (Wildman–Crippen MR) is 105 cm³/mol. The van der Waals surface area contributed by atoms with Gasteiger partial charge in [-0.05, 0) is 68.1 Å². The van der Waals surface area contributed by atoms with E-state index in [0.717, 1.165) is 14.7 Å². The maximum absolute atomic E-state index is 12.4. The summed E-state index contributed by atoms with van der Waals surface area (Å²) >= 11 is 6.52. The average Bonchev–Trinajstić information content (AvgIpc) is 3.34. The number of carbonyl (C=O) groups is 1. The van der Waals surface area contributed by atoms with Crippen LogP contribution in [0.1, 0.15) is 12.0 Å². The lowest BCUT2D eigenvalue weighted by Crippen LogP contribution is -2.19. The van der Waals surface area contributed by atoms with Gasteiger partial charge in [0.15, 0.2) is 5.41 Å². The van der Waals surface area contributed by atoms with E-state index in [1.165, 1.54) is 0 Å². The number of ether oxygens (including phenoxy) is 2. The molecular weight excluding hydrogens is 462 g/mol. The van der Waals surface area contributed by atoms with E-state index in [1.54, 1.807) is 6.08 Å². The smallest absolute Gasteiger partial charge is 0.327 e. The van der Waals surface area contributed by atoms with Crippen molar-refractivity contribution in [3.05, 3.63) is 69.6 Å². The Labute approximate surface area is 168 Å². The molecule has 0 aromatic heterocycles. The van der Waals surface area contributed by atoms with Gasteiger partial charge in [0.1, 0.15) is 18.1 Å². The summed E-state index contributed by atoms with van der Waals surface area (Å²) in [6, 6.07) is 18.9. The normalized spacial score (nSPS) is 20.6. The second-order valence-corrected chi connectivity index (χ2v) is 8.76. The minimum absolute atomic E-state index is 0.0974. The standard InChI is InChI=1S/C20H15Br2NO3/c21-18(22)10-15-11-20(15,13-23)19(24)25-12-14-5-4-8-17(9-14)26-16-6-2-1-3-7-16/h1-10,15H,11-12H2/t15-,20-/m1/s1. The Balaban J connectivity index is 1.62. The van der Waals surface area contributed by atoms with Crippen molar-refractivity contribution < 1.29 is 14.3 Å². The van der Waals surface area contributed by atoms with Crippen LogP contribution in [0, 0.1) is 22.7 Å². The highest BCUT2D eigenvalue weighted by Gasteiger charge is 2.61. The van der Waals surface area contributed by atoms with Gasteiger partial charge in [-0.3, -0.25) is 4.79 Å². The summed E-state index contributed by atoms with van der Waals surface area (Å²) in [6.07, 6.45) is 2.28. The molecule has 2 aromatic carbocycles. The summed E-state index contributed by atoms with van der Waals surface area (Å²) < 4.78 is 11.9. The summed E-state index contributed by atoms with van der Waals surface area (Å²) in [5.74, 6) is 0.770. The second kappa shape index (κ2) is 8.07. The fourth-order valence-electron chi connectivity index (χ4n) is 2.65. The maximum Gasteiger partial charge on any atom is 0.327 e. The van der Waals surface area contributed by atoms with Crippen LogP contribution in [-0.4, -0.2) is 5.97 Å². The molecule has 1 saturated carbocycles. The number of hydrogen-bond donors (Lipinski definition) is 0. The molecule has 2 atom stereocenters. The number of allylic oxidation sites excluding steroid dienone is 1. The number of nitriles is 1. The van der Waals surface area contributed by atoms with Crippen LogP contribution in [0.3, 0.4) is 0 Å². The Hall–Kier alpha value is -2.10. The molecule has 0 N–H and O–H groups in total. The first-order valence-electron chi connectivity index (χ1n) is 7.96. The number of rotatable bonds is 6. The van der Waals surface area contributed by atoms with Crippen molar-refractivity contribution in [1.29, 1.82) is 5.26 Å². The number of halogens is 2. The average molecular weight is 477 g/mol. The Morgan fingerprint density at radius 3 is 2.62 bits per heavy atom. The number of carbonyl (C=O) groups excluding carboxylic acids is 1. The topological polar surface area (TPSA) is 59.3 Å². The second-order valence-electron chi connectivity index (χ2n) is 5.99. The summed E-state index contributed by atoms with van der Waals surface area (Å²) in [6.45, 7) is 0.0974. The largest absolute Gasteiger partial charge is 0.460 e. The number of nitrogens with zero attached hydrogens (tertiary/aromatic N) is 1. The van der Waals surface area contributed by atoms with Crippen LogP contribution in [0.4, 0.5) is 0 Å². The van der Waals surface area contributed by atoms with Gasteiger partial charge in [-0.2, -0.15) is 5.26 Å². The molecule has 3 rings (SSSR count). The van der Waals surface area contributed by atoms with Crippen LogP contribution in [0.2, 0.25) is 0 Å². The van der Waals surface area contributed by atoms with Gasteiger partial charge in [0, 0.05) is 5.92 Å². The molecule has 0 heterocycles. The lowest BCUT2D eigenvalue weighted by atomic mass is 10.1. The first-order valence-corrected chi connectivity index (χ1v) is 9.55. The molecule has 0 aliphatic heterocycles. The summed E-state index contributed by atoms with van der Waals surface area (Å²) in [5.41, 5.74) is -0.278. The molecule has 0 amide bonds. The maximum atomic E-state index is 12.4. The van der Waals surface area contributed by atoms with Crippen molar-refractivity contribution in [2.24, 2.45) is 11.3 Å². The third-order valence-corrected chi connectivity index (χ3v) is 4.68. The molecule has 0 bridgehead atoms. The molecule has 6 heteroatoms. The lowest BCUT2D eigenvalue weighted by molar-refractivity contribution is -0.149. The fraction of sp³-hybridized carbons (Fsp3) is 0.200. The van der Waals surface area contributed by atoms with Crippen molar-refractivity contribution in [2.75, 3.05) is 0 Å². The number of benzene rings is 2. The van der Waals surface area contributed by atoms with Crippen LogP contribution in [-0.2, 0) is 16.1 Å². The number of esters is 1. The first kappa shape index (κ1) is 18.7. The van der Waals surface area contributed by atoms with E-state index in [1.807, 2.05) is 54.6 Å². The molecule has 0 saturated heterocycles. The van der Waals surface area contributed by atoms with E-state index in [9.17, 15) is 10.1 Å². The highest BCUT2D eigenvalue weighted by atomic mass is 79.9. The van der Waals surface area contributed by atoms with Crippen molar-refractivity contribution >= 4 is 37.8 Å². The van der Waals surface area contributed by atoms with Crippen LogP contribution >= 0.6 is 31.9 Å². The zero-order valence-corrected chi connectivity index (χ0v) is 16.9. The Morgan fingerprint density at radius 1 is 1.19 bits per heavy atom. The number of hydrogen-bond acceptors (Lipinski definition) is 4. The van der Waals surface area contributed by atoms with Gasteiger partial charge in [0.05, 0.1) is 9.46 Å². The van der Waals surface area contributed by atoms with Gasteiger partial charge in [-0.15, -0.1) is 0 Å². The van der Waals surface area contributed by atoms with Gasteiger partial charge < -0.3 is 9.47 Å². The van der Waals surface area contributed by atoms with E-state index < -0.39 is 11.4 Å². The minimum Gasteiger partial charge on any atom is -0.460 e. The van der Waals surface area contributed by atoms with E-state index in [4.69, 9.17) is 9.47 Å². The molecule has 0 unspecified atom stereocenters. The zero-order chi connectivity index (χ0) is 18.6. The van der Waals surface area contributed by atoms with Crippen molar-refractivity contribution in [3.63, 3.8) is 0 Å². The molecular formula is C20H15Br2NO3. The SMILES string of the molecule is N#C[C@]1(C(=O)OCc2cccc(Oc3ccccc3)c2)C[C@H]1C=C(Br)Br. The summed E-state index contributed by atoms with van der Waals surface area (Å²) in [5, 5.41) is 9.38. The first-order chi connectivity index (χ1) is 12.5.